The first-order chi connectivity index (χ1) is 66.8. The number of nitriles is 3. The van der Waals surface area contributed by atoms with E-state index in [4.69, 9.17) is 19.9 Å². The number of para-hydroxylation sites is 1. The van der Waals surface area contributed by atoms with Gasteiger partial charge in [0.25, 0.3) is 0 Å². The number of nitrogens with zero attached hydrogens (tertiary/aromatic N) is 9. The van der Waals surface area contributed by atoms with Crippen molar-refractivity contribution in [1.82, 2.24) is 29.1 Å². The maximum absolute atomic E-state index is 16.2. The van der Waals surface area contributed by atoms with Crippen LogP contribution in [0.15, 0.2) is 394 Å². The predicted molar refractivity (Wildman–Crippen MR) is 517 cm³/mol. The fourth-order valence-corrected chi connectivity index (χ4v) is 18.8. The molecule has 0 bridgehead atoms. The van der Waals surface area contributed by atoms with Crippen molar-refractivity contribution in [2.24, 2.45) is 0 Å². The SMILES string of the molecule is N#Cc1cc(-c2ccc(C#N)c(-c3ccc4c(c3)c3cc(-c5ccccc5C#N)ccc3n4-c3c(-c4ccccc4C(F)(F)F)cc(-c4cc(-c5ccccc5)nc(-c5ccccc5)n4)cc3-c3ccccc3C(F)(F)F)c2)cc(-c2ccc3c(c2)c2ccccc2n3-c2c(-c3ccccc3C(F)(F)F)cc(-c3cc(-c4ccccc4)nc(-c4ccccc4)n3)cc2-c2ccccc2C(F)(F)F)c1. The van der Waals surface area contributed by atoms with Gasteiger partial charge >= 0.3 is 24.7 Å². The lowest BCUT2D eigenvalue weighted by molar-refractivity contribution is -0.137. The second-order valence-corrected chi connectivity index (χ2v) is 33.2. The van der Waals surface area contributed by atoms with E-state index in [1.165, 1.54) is 97.1 Å². The number of hydrogen-bond acceptors (Lipinski definition) is 7. The third-order valence-electron chi connectivity index (χ3n) is 25.0. The Morgan fingerprint density at radius 1 is 0.196 bits per heavy atom. The third-order valence-corrected chi connectivity index (χ3v) is 25.0. The van der Waals surface area contributed by atoms with Gasteiger partial charge in [-0.25, -0.2) is 19.9 Å². The van der Waals surface area contributed by atoms with E-state index >= 15 is 52.7 Å². The molecular weight excluding hydrogens is 1760 g/mol. The van der Waals surface area contributed by atoms with Crippen molar-refractivity contribution in [3.8, 4) is 186 Å². The molecule has 9 nitrogen and oxygen atoms in total. The molecule has 0 N–H and O–H groups in total. The van der Waals surface area contributed by atoms with Gasteiger partial charge in [0.05, 0.1) is 113 Å². The lowest BCUT2D eigenvalue weighted by Crippen LogP contribution is -2.11. The predicted octanol–water partition coefficient (Wildman–Crippen LogP) is 32.5. The standard InChI is InChI=1S/C117H65F12N9/c118-114(119,120)98-40-20-15-35-85(98)94-60-82(104-64-102(70-25-5-1-6-26-70)133-112(135-104)72-29-9-3-10-30-72)61-95(86-36-16-21-41-99(86)115(121,122)123)110(94)137-106-44-24-19-39-89(106)91-57-75(47-50-107(91)137)81-54-69(66-130)53-80(55-81)74-45-46-79(68-132)90(56-74)77-49-52-109-93(59-77)92-58-76(84-34-14-13-33-78(84)67-131)48-51-108(92)138(109)111-96(87-37-17-22-42-100(87)116(124,125)126)62-83(63-97(111)88-38-18-23-43-101(88)117(127,128)129)105-65-103(71-27-7-2-8-28-71)134-113(136-105)73-31-11-4-12-32-73/h1-65H. The number of fused-ring (bicyclic) bond motifs is 6. The molecule has 21 heteroatoms. The summed E-state index contributed by atoms with van der Waals surface area (Å²) in [6.45, 7) is 0. The van der Waals surface area contributed by atoms with Crippen LogP contribution in [-0.4, -0.2) is 29.1 Å². The molecule has 17 aromatic carbocycles. The minimum absolute atomic E-state index is 0.0327. The molecule has 4 aromatic heterocycles. The Balaban J connectivity index is 0.761. The molecular formula is C117H65F12N9. The molecule has 0 aliphatic heterocycles. The average Bonchev–Trinajstić information content (AvgIpc) is 1.45. The summed E-state index contributed by atoms with van der Waals surface area (Å²) >= 11 is 0. The maximum Gasteiger partial charge on any atom is 0.417 e. The van der Waals surface area contributed by atoms with Crippen LogP contribution in [0.25, 0.3) is 212 Å². The number of benzene rings is 17. The lowest BCUT2D eigenvalue weighted by atomic mass is 9.88. The Morgan fingerprint density at radius 3 is 0.877 bits per heavy atom. The quantitative estimate of drug-likeness (QED) is 0.0880. The molecule has 0 unspecified atom stereocenters. The Bertz CT molecular complexity index is 8340. The zero-order valence-electron chi connectivity index (χ0n) is 72.1. The smallest absolute Gasteiger partial charge is 0.308 e. The maximum atomic E-state index is 16.2. The van der Waals surface area contributed by atoms with Gasteiger partial charge in [0, 0.05) is 82.7 Å². The zero-order valence-corrected chi connectivity index (χ0v) is 72.1. The van der Waals surface area contributed by atoms with Crippen LogP contribution in [-0.2, 0) is 24.7 Å². The largest absolute Gasteiger partial charge is 0.417 e. The average molecular weight is 1820 g/mol. The number of alkyl halides is 12. The molecule has 0 aliphatic carbocycles. The second kappa shape index (κ2) is 34.6. The highest BCUT2D eigenvalue weighted by Crippen LogP contribution is 2.54. The van der Waals surface area contributed by atoms with Gasteiger partial charge in [-0.3, -0.25) is 0 Å². The van der Waals surface area contributed by atoms with Crippen LogP contribution in [0.5, 0.6) is 0 Å². The first-order valence-electron chi connectivity index (χ1n) is 43.6. The molecule has 662 valence electrons. The Hall–Kier alpha value is -17.9. The highest BCUT2D eigenvalue weighted by Gasteiger charge is 2.41. The molecule has 0 amide bonds. The van der Waals surface area contributed by atoms with Crippen LogP contribution in [0.1, 0.15) is 38.9 Å². The van der Waals surface area contributed by atoms with Crippen molar-refractivity contribution in [2.75, 3.05) is 0 Å². The van der Waals surface area contributed by atoms with E-state index in [0.29, 0.717) is 122 Å². The normalized spacial score (nSPS) is 11.9. The topological polar surface area (TPSA) is 133 Å². The molecule has 0 atom stereocenters. The fourth-order valence-electron chi connectivity index (χ4n) is 18.8. The highest BCUT2D eigenvalue weighted by atomic mass is 19.4. The minimum atomic E-state index is -5.05. The summed E-state index contributed by atoms with van der Waals surface area (Å²) in [5.74, 6) is 0.453. The lowest BCUT2D eigenvalue weighted by Gasteiger charge is -2.24. The molecule has 0 fully saturated rings. The van der Waals surface area contributed by atoms with E-state index in [2.05, 4.69) is 18.2 Å². The van der Waals surface area contributed by atoms with E-state index in [-0.39, 0.29) is 95.6 Å². The number of rotatable bonds is 16. The molecule has 0 radical (unpaired) electrons. The van der Waals surface area contributed by atoms with Gasteiger partial charge in [-0.1, -0.05) is 255 Å². The van der Waals surface area contributed by atoms with Gasteiger partial charge in [0.15, 0.2) is 11.6 Å². The van der Waals surface area contributed by atoms with E-state index in [1.54, 1.807) is 191 Å². The zero-order chi connectivity index (χ0) is 95.0. The van der Waals surface area contributed by atoms with E-state index in [1.807, 2.05) is 91.0 Å². The summed E-state index contributed by atoms with van der Waals surface area (Å²) in [5.41, 5.74) is 3.28. The van der Waals surface area contributed by atoms with E-state index in [9.17, 15) is 15.8 Å². The molecule has 138 heavy (non-hydrogen) atoms. The Kier molecular flexibility index (Phi) is 21.8. The van der Waals surface area contributed by atoms with E-state index in [0.717, 1.165) is 24.3 Å². The second-order valence-electron chi connectivity index (χ2n) is 33.2. The van der Waals surface area contributed by atoms with Crippen LogP contribution in [0, 0.1) is 34.0 Å². The van der Waals surface area contributed by atoms with Crippen molar-refractivity contribution in [3.63, 3.8) is 0 Å². The van der Waals surface area contributed by atoms with Crippen molar-refractivity contribution < 1.29 is 52.7 Å². The molecule has 21 aromatic rings. The summed E-state index contributed by atoms with van der Waals surface area (Å²) in [4.78, 5) is 20.1. The van der Waals surface area contributed by atoms with E-state index < -0.39 is 58.1 Å². The highest BCUT2D eigenvalue weighted by molar-refractivity contribution is 6.15. The number of aromatic nitrogens is 6. The van der Waals surface area contributed by atoms with Gasteiger partial charge in [0.2, 0.25) is 0 Å². The molecule has 21 rings (SSSR count). The van der Waals surface area contributed by atoms with Crippen LogP contribution in [0.3, 0.4) is 0 Å². The van der Waals surface area contributed by atoms with Gasteiger partial charge < -0.3 is 9.13 Å². The number of hydrogen-bond donors (Lipinski definition) is 0. The molecule has 4 heterocycles. The van der Waals surface area contributed by atoms with Crippen LogP contribution < -0.4 is 0 Å². The van der Waals surface area contributed by atoms with Crippen LogP contribution in [0.2, 0.25) is 0 Å². The van der Waals surface area contributed by atoms with Crippen molar-refractivity contribution in [1.29, 1.82) is 15.8 Å². The van der Waals surface area contributed by atoms with Gasteiger partial charge in [-0.15, -0.1) is 0 Å². The Labute approximate surface area is 781 Å². The molecule has 0 saturated heterocycles. The summed E-state index contributed by atoms with van der Waals surface area (Å²) in [6.07, 6.45) is -20.1. The van der Waals surface area contributed by atoms with Gasteiger partial charge in [0.1, 0.15) is 0 Å². The first-order valence-corrected chi connectivity index (χ1v) is 43.6. The van der Waals surface area contributed by atoms with Crippen molar-refractivity contribution in [3.05, 3.63) is 433 Å². The van der Waals surface area contributed by atoms with Gasteiger partial charge in [-0.2, -0.15) is 68.5 Å². The fraction of sp³-hybridized carbons (Fsp3) is 0.0342. The van der Waals surface area contributed by atoms with Crippen LogP contribution >= 0.6 is 0 Å². The van der Waals surface area contributed by atoms with Crippen molar-refractivity contribution >= 4 is 43.6 Å². The van der Waals surface area contributed by atoms with Crippen LogP contribution in [0.4, 0.5) is 52.7 Å². The number of halogens is 12. The minimum Gasteiger partial charge on any atom is -0.308 e. The summed E-state index contributed by atoms with van der Waals surface area (Å²) in [5, 5.41) is 34.9. The van der Waals surface area contributed by atoms with Gasteiger partial charge in [-0.05, 0) is 201 Å². The monoisotopic (exact) mass is 1820 g/mol. The molecule has 0 aliphatic rings. The summed E-state index contributed by atoms with van der Waals surface area (Å²) < 4.78 is 197. The Morgan fingerprint density at radius 2 is 0.486 bits per heavy atom. The summed E-state index contributed by atoms with van der Waals surface area (Å²) in [7, 11) is 0. The summed E-state index contributed by atoms with van der Waals surface area (Å²) in [6, 6.07) is 112. The first kappa shape index (κ1) is 86.8. The van der Waals surface area contributed by atoms with Crippen molar-refractivity contribution in [2.45, 2.75) is 24.7 Å². The molecule has 0 saturated carbocycles. The third kappa shape index (κ3) is 16.0. The molecule has 0 spiro atoms.